The first-order chi connectivity index (χ1) is 16.2. The lowest BCUT2D eigenvalue weighted by atomic mass is 10.0. The van der Waals surface area contributed by atoms with Crippen LogP contribution in [0.2, 0.25) is 0 Å². The zero-order valence-electron chi connectivity index (χ0n) is 17.7. The fourth-order valence-corrected chi connectivity index (χ4v) is 4.45. The molecule has 0 bridgehead atoms. The minimum absolute atomic E-state index is 0.107. The first-order valence-corrected chi connectivity index (χ1v) is 11.0. The average Bonchev–Trinajstić information content (AvgIpc) is 3.45. The number of nitrogens with one attached hydrogen (secondary N) is 2. The maximum Gasteiger partial charge on any atom is 0.244 e. The number of hydrogen-bond donors (Lipinski definition) is 2. The summed E-state index contributed by atoms with van der Waals surface area (Å²) in [6.07, 6.45) is 7.30. The molecule has 0 aliphatic carbocycles. The van der Waals surface area contributed by atoms with Crippen LogP contribution in [-0.4, -0.2) is 37.0 Å². The quantitative estimate of drug-likeness (QED) is 0.431. The molecule has 1 saturated heterocycles. The van der Waals surface area contributed by atoms with E-state index in [1.165, 1.54) is 0 Å². The maximum absolute atomic E-state index is 13.0. The Morgan fingerprint density at radius 1 is 0.970 bits per heavy atom. The van der Waals surface area contributed by atoms with Gasteiger partial charge in [-0.15, -0.1) is 0 Å². The Bertz CT molecular complexity index is 1250. The fourth-order valence-electron chi connectivity index (χ4n) is 4.15. The van der Waals surface area contributed by atoms with Crippen molar-refractivity contribution >= 4 is 28.9 Å². The number of thiocarbonyl (C=S) groups is 1. The number of carbonyl (C=O) groups is 1. The molecule has 1 aliphatic heterocycles. The van der Waals surface area contributed by atoms with Gasteiger partial charge in [0, 0.05) is 41.9 Å². The van der Waals surface area contributed by atoms with E-state index in [9.17, 15) is 4.79 Å². The molecule has 4 heterocycles. The monoisotopic (exact) mass is 454 g/mol. The van der Waals surface area contributed by atoms with Crippen LogP contribution in [0.3, 0.4) is 0 Å². The molecule has 1 aromatic carbocycles. The third-order valence-corrected chi connectivity index (χ3v) is 5.95. The Balaban J connectivity index is 1.51. The van der Waals surface area contributed by atoms with Crippen LogP contribution in [0, 0.1) is 0 Å². The van der Waals surface area contributed by atoms with E-state index >= 15 is 0 Å². The van der Waals surface area contributed by atoms with Gasteiger partial charge in [-0.2, -0.15) is 0 Å². The van der Waals surface area contributed by atoms with Crippen molar-refractivity contribution < 1.29 is 4.79 Å². The normalized spacial score (nSPS) is 17.6. The second kappa shape index (κ2) is 9.22. The predicted molar refractivity (Wildman–Crippen MR) is 131 cm³/mol. The van der Waals surface area contributed by atoms with Crippen molar-refractivity contribution in [2.75, 3.05) is 11.9 Å². The third-order valence-electron chi connectivity index (χ3n) is 5.59. The van der Waals surface area contributed by atoms with Crippen LogP contribution >= 0.6 is 12.2 Å². The number of hydrogen-bond acceptors (Lipinski definition) is 4. The number of nitrogens with zero attached hydrogens (tertiary/aromatic N) is 4. The van der Waals surface area contributed by atoms with E-state index in [2.05, 4.69) is 31.2 Å². The lowest BCUT2D eigenvalue weighted by Gasteiger charge is -2.28. The maximum atomic E-state index is 13.0. The van der Waals surface area contributed by atoms with Crippen LogP contribution < -0.4 is 10.6 Å². The molecule has 1 fully saturated rings. The summed E-state index contributed by atoms with van der Waals surface area (Å²) < 4.78 is 2.10. The Hall–Kier alpha value is -4.04. The number of carbonyl (C=O) groups excluding carboxylic acids is 1. The molecule has 1 amide bonds. The number of benzene rings is 1. The summed E-state index contributed by atoms with van der Waals surface area (Å²) in [6.45, 7) is 0.107. The second-order valence-electron chi connectivity index (χ2n) is 7.68. The molecular weight excluding hydrogens is 432 g/mol. The van der Waals surface area contributed by atoms with Gasteiger partial charge >= 0.3 is 0 Å². The summed E-state index contributed by atoms with van der Waals surface area (Å²) in [5.74, 6) is -0.140. The summed E-state index contributed by atoms with van der Waals surface area (Å²) in [4.78, 5) is 23.6. The highest BCUT2D eigenvalue weighted by molar-refractivity contribution is 7.80. The van der Waals surface area contributed by atoms with Crippen molar-refractivity contribution in [2.45, 2.75) is 12.1 Å². The topological polar surface area (TPSA) is 75.1 Å². The summed E-state index contributed by atoms with van der Waals surface area (Å²) >= 11 is 5.70. The summed E-state index contributed by atoms with van der Waals surface area (Å²) in [5.41, 5.74) is 3.59. The molecule has 0 spiro atoms. The van der Waals surface area contributed by atoms with Gasteiger partial charge < -0.3 is 20.1 Å². The van der Waals surface area contributed by atoms with Crippen molar-refractivity contribution in [1.82, 2.24) is 24.8 Å². The van der Waals surface area contributed by atoms with Crippen molar-refractivity contribution in [2.24, 2.45) is 0 Å². The van der Waals surface area contributed by atoms with Crippen molar-refractivity contribution in [3.63, 3.8) is 0 Å². The first-order valence-electron chi connectivity index (χ1n) is 10.6. The number of anilines is 1. The van der Waals surface area contributed by atoms with Crippen molar-refractivity contribution in [3.05, 3.63) is 109 Å². The van der Waals surface area contributed by atoms with Gasteiger partial charge in [0.15, 0.2) is 5.11 Å². The van der Waals surface area contributed by atoms with E-state index in [0.717, 1.165) is 22.8 Å². The summed E-state index contributed by atoms with van der Waals surface area (Å²) in [7, 11) is 0. The number of aromatic nitrogens is 3. The van der Waals surface area contributed by atoms with Crippen LogP contribution in [0.5, 0.6) is 0 Å². The molecule has 2 N–H and O–H groups in total. The van der Waals surface area contributed by atoms with Gasteiger partial charge in [-0.25, -0.2) is 0 Å². The average molecular weight is 455 g/mol. The lowest BCUT2D eigenvalue weighted by Crippen LogP contribution is -2.37. The van der Waals surface area contributed by atoms with Gasteiger partial charge in [-0.3, -0.25) is 14.8 Å². The van der Waals surface area contributed by atoms with Gasteiger partial charge in [0.2, 0.25) is 5.91 Å². The van der Waals surface area contributed by atoms with Gasteiger partial charge in [-0.1, -0.05) is 24.3 Å². The van der Waals surface area contributed by atoms with E-state index in [1.807, 2.05) is 77.8 Å². The van der Waals surface area contributed by atoms with Gasteiger partial charge in [0.1, 0.15) is 6.54 Å². The Morgan fingerprint density at radius 2 is 1.76 bits per heavy atom. The second-order valence-corrected chi connectivity index (χ2v) is 8.06. The molecule has 4 aromatic rings. The zero-order chi connectivity index (χ0) is 22.6. The fraction of sp³-hybridized carbons (Fsp3) is 0.120. The largest absolute Gasteiger partial charge is 0.352 e. The van der Waals surface area contributed by atoms with Crippen molar-refractivity contribution in [3.8, 4) is 5.69 Å². The van der Waals surface area contributed by atoms with Gasteiger partial charge in [0.05, 0.1) is 17.8 Å². The van der Waals surface area contributed by atoms with Crippen LogP contribution in [-0.2, 0) is 4.79 Å². The number of para-hydroxylation sites is 1. The van der Waals surface area contributed by atoms with E-state index in [4.69, 9.17) is 12.2 Å². The molecule has 2 atom stereocenters. The molecule has 0 radical (unpaired) electrons. The minimum Gasteiger partial charge on any atom is -0.352 e. The standard InChI is InChI=1S/C25H22N6OS/c32-22(28-18-7-2-1-3-8-18)17-31-24(23(29-25(31)33)20-9-4-5-13-27-20)21-10-6-16-30(21)19-11-14-26-15-12-19/h1-16,23-24H,17H2,(H,28,32)(H,29,33)/t23-,24-/m0/s1. The Morgan fingerprint density at radius 3 is 2.52 bits per heavy atom. The highest BCUT2D eigenvalue weighted by Crippen LogP contribution is 2.39. The third kappa shape index (κ3) is 4.33. The molecule has 1 aliphatic rings. The van der Waals surface area contributed by atoms with Crippen LogP contribution in [0.4, 0.5) is 5.69 Å². The van der Waals surface area contributed by atoms with E-state index in [1.54, 1.807) is 18.6 Å². The molecule has 5 rings (SSSR count). The molecular formula is C25H22N6OS. The smallest absolute Gasteiger partial charge is 0.244 e. The minimum atomic E-state index is -0.239. The lowest BCUT2D eigenvalue weighted by molar-refractivity contribution is -0.116. The van der Waals surface area contributed by atoms with Crippen LogP contribution in [0.25, 0.3) is 5.69 Å². The number of amides is 1. The summed E-state index contributed by atoms with van der Waals surface area (Å²) in [5, 5.41) is 6.87. The number of rotatable bonds is 6. The predicted octanol–water partition coefficient (Wildman–Crippen LogP) is 3.88. The van der Waals surface area contributed by atoms with Gasteiger partial charge in [0.25, 0.3) is 0 Å². The highest BCUT2D eigenvalue weighted by Gasteiger charge is 2.42. The molecule has 3 aromatic heterocycles. The Labute approximate surface area is 197 Å². The first kappa shape index (κ1) is 20.8. The number of pyridine rings is 2. The van der Waals surface area contributed by atoms with E-state index in [0.29, 0.717) is 5.11 Å². The molecule has 0 saturated carbocycles. The SMILES string of the molecule is O=C(CN1C(=S)N[C@@H](c2ccccn2)[C@@H]1c1cccn1-c1ccncc1)Nc1ccccc1. The van der Waals surface area contributed by atoms with Crippen LogP contribution in [0.15, 0.2) is 97.6 Å². The molecule has 33 heavy (non-hydrogen) atoms. The molecule has 0 unspecified atom stereocenters. The van der Waals surface area contributed by atoms with Crippen LogP contribution in [0.1, 0.15) is 23.5 Å². The summed E-state index contributed by atoms with van der Waals surface area (Å²) in [6, 6.07) is 22.7. The van der Waals surface area contributed by atoms with E-state index in [-0.39, 0.29) is 24.5 Å². The molecule has 164 valence electrons. The zero-order valence-corrected chi connectivity index (χ0v) is 18.5. The molecule has 7 nitrogen and oxygen atoms in total. The highest BCUT2D eigenvalue weighted by atomic mass is 32.1. The van der Waals surface area contributed by atoms with Crippen molar-refractivity contribution in [1.29, 1.82) is 0 Å². The molecule has 8 heteroatoms. The van der Waals surface area contributed by atoms with E-state index < -0.39 is 0 Å². The Kier molecular flexibility index (Phi) is 5.82. The van der Waals surface area contributed by atoms with Gasteiger partial charge in [-0.05, 0) is 60.7 Å².